The molecule has 0 aliphatic carbocycles. The first kappa shape index (κ1) is 13.8. The molecule has 4 nitrogen and oxygen atoms in total. The van der Waals surface area contributed by atoms with E-state index in [1.807, 2.05) is 6.92 Å². The second kappa shape index (κ2) is 9.40. The monoisotopic (exact) mass is 204 g/mol. The third-order valence-electron chi connectivity index (χ3n) is 2.18. The van der Waals surface area contributed by atoms with E-state index in [0.717, 1.165) is 32.7 Å². The van der Waals surface area contributed by atoms with Crippen molar-refractivity contribution in [3.8, 4) is 0 Å². The smallest absolute Gasteiger partial charge is 0.0709 e. The van der Waals surface area contributed by atoms with Gasteiger partial charge in [-0.25, -0.2) is 0 Å². The molecular weight excluding hydrogens is 180 g/mol. The van der Waals surface area contributed by atoms with Gasteiger partial charge < -0.3 is 20.1 Å². The Morgan fingerprint density at radius 1 is 1.36 bits per heavy atom. The molecule has 0 aromatic heterocycles. The highest BCUT2D eigenvalue weighted by Crippen LogP contribution is 1.98. The van der Waals surface area contributed by atoms with E-state index >= 15 is 0 Å². The zero-order chi connectivity index (χ0) is 10.8. The van der Waals surface area contributed by atoms with Crippen LogP contribution in [0.2, 0.25) is 0 Å². The van der Waals surface area contributed by atoms with Gasteiger partial charge in [-0.1, -0.05) is 0 Å². The molecule has 0 aromatic carbocycles. The fraction of sp³-hybridized carbons (Fsp3) is 1.00. The summed E-state index contributed by atoms with van der Waals surface area (Å²) in [6, 6.07) is 0. The number of nitrogens with two attached hydrogens (primary N) is 1. The summed E-state index contributed by atoms with van der Waals surface area (Å²) in [5.74, 6) is 0. The number of hydrogen-bond donors (Lipinski definition) is 1. The Kier molecular flexibility index (Phi) is 9.29. The Labute approximate surface area is 87.4 Å². The summed E-state index contributed by atoms with van der Waals surface area (Å²) in [6.07, 6.45) is 1.19. The van der Waals surface area contributed by atoms with Crippen LogP contribution in [0.4, 0.5) is 0 Å². The van der Waals surface area contributed by atoms with Crippen molar-refractivity contribution in [1.29, 1.82) is 0 Å². The van der Waals surface area contributed by atoms with Crippen LogP contribution in [0.25, 0.3) is 0 Å². The first-order valence-electron chi connectivity index (χ1n) is 5.23. The quantitative estimate of drug-likeness (QED) is 0.587. The van der Waals surface area contributed by atoms with E-state index in [1.54, 1.807) is 7.11 Å². The molecular formula is C10H24N2O2. The summed E-state index contributed by atoms with van der Waals surface area (Å²) in [6.45, 7) is 6.08. The van der Waals surface area contributed by atoms with Crippen molar-refractivity contribution in [2.24, 2.45) is 5.73 Å². The van der Waals surface area contributed by atoms with Gasteiger partial charge in [0.25, 0.3) is 0 Å². The van der Waals surface area contributed by atoms with Gasteiger partial charge in [0.15, 0.2) is 0 Å². The molecule has 86 valence electrons. The van der Waals surface area contributed by atoms with Crippen LogP contribution in [0.5, 0.6) is 0 Å². The maximum atomic E-state index is 5.58. The van der Waals surface area contributed by atoms with Gasteiger partial charge in [0, 0.05) is 33.4 Å². The lowest BCUT2D eigenvalue weighted by Gasteiger charge is -2.20. The van der Waals surface area contributed by atoms with Crippen LogP contribution in [0.1, 0.15) is 13.3 Å². The average molecular weight is 204 g/mol. The van der Waals surface area contributed by atoms with Gasteiger partial charge >= 0.3 is 0 Å². The molecule has 4 heteroatoms. The average Bonchev–Trinajstić information content (AvgIpc) is 2.21. The van der Waals surface area contributed by atoms with Gasteiger partial charge in [-0.2, -0.15) is 0 Å². The Balaban J connectivity index is 3.46. The molecule has 0 rings (SSSR count). The molecule has 0 saturated heterocycles. The molecule has 0 radical (unpaired) electrons. The number of methoxy groups -OCH3 is 1. The highest BCUT2D eigenvalue weighted by Gasteiger charge is 2.07. The first-order chi connectivity index (χ1) is 6.74. The minimum absolute atomic E-state index is 0.199. The van der Waals surface area contributed by atoms with Crippen molar-refractivity contribution in [1.82, 2.24) is 4.90 Å². The molecule has 1 atom stereocenters. The molecule has 0 spiro atoms. The number of hydrogen-bond acceptors (Lipinski definition) is 4. The van der Waals surface area contributed by atoms with Crippen molar-refractivity contribution in [2.45, 2.75) is 19.4 Å². The molecule has 0 fully saturated rings. The highest BCUT2D eigenvalue weighted by atomic mass is 16.5. The Morgan fingerprint density at radius 2 is 2.07 bits per heavy atom. The minimum Gasteiger partial charge on any atom is -0.383 e. The predicted octanol–water partition coefficient (Wildman–Crippen LogP) is 0.319. The lowest BCUT2D eigenvalue weighted by molar-refractivity contribution is 0.0541. The van der Waals surface area contributed by atoms with Crippen molar-refractivity contribution < 1.29 is 9.47 Å². The van der Waals surface area contributed by atoms with Crippen LogP contribution in [0.15, 0.2) is 0 Å². The molecule has 1 unspecified atom stereocenters. The summed E-state index contributed by atoms with van der Waals surface area (Å²) >= 11 is 0. The van der Waals surface area contributed by atoms with Crippen molar-refractivity contribution in [3.63, 3.8) is 0 Å². The summed E-state index contributed by atoms with van der Waals surface area (Å²) < 4.78 is 10.5. The fourth-order valence-corrected chi connectivity index (χ4v) is 1.23. The van der Waals surface area contributed by atoms with E-state index in [2.05, 4.69) is 11.9 Å². The number of ether oxygens (including phenoxy) is 2. The summed E-state index contributed by atoms with van der Waals surface area (Å²) in [5.41, 5.74) is 5.58. The summed E-state index contributed by atoms with van der Waals surface area (Å²) in [5, 5.41) is 0. The maximum absolute atomic E-state index is 5.58. The third kappa shape index (κ3) is 7.26. The highest BCUT2D eigenvalue weighted by molar-refractivity contribution is 4.61. The van der Waals surface area contributed by atoms with Gasteiger partial charge in [0.2, 0.25) is 0 Å². The van der Waals surface area contributed by atoms with Crippen LogP contribution in [0.3, 0.4) is 0 Å². The van der Waals surface area contributed by atoms with Crippen molar-refractivity contribution >= 4 is 0 Å². The van der Waals surface area contributed by atoms with E-state index in [1.165, 1.54) is 0 Å². The second-order valence-electron chi connectivity index (χ2n) is 3.40. The summed E-state index contributed by atoms with van der Waals surface area (Å²) in [7, 11) is 3.80. The standard InChI is InChI=1S/C10H24N2O2/c1-4-14-10(9-11)5-6-12(2)7-8-13-3/h10H,4-9,11H2,1-3H3. The number of rotatable bonds is 9. The lowest BCUT2D eigenvalue weighted by Crippen LogP contribution is -2.31. The molecule has 0 amide bonds. The maximum Gasteiger partial charge on any atom is 0.0709 e. The van der Waals surface area contributed by atoms with Gasteiger partial charge in [-0.15, -0.1) is 0 Å². The van der Waals surface area contributed by atoms with Crippen LogP contribution in [0, 0.1) is 0 Å². The van der Waals surface area contributed by atoms with Crippen molar-refractivity contribution in [3.05, 3.63) is 0 Å². The number of nitrogens with zero attached hydrogens (tertiary/aromatic N) is 1. The van der Waals surface area contributed by atoms with E-state index in [9.17, 15) is 0 Å². The van der Waals surface area contributed by atoms with E-state index < -0.39 is 0 Å². The van der Waals surface area contributed by atoms with Gasteiger partial charge in [-0.3, -0.25) is 0 Å². The van der Waals surface area contributed by atoms with Gasteiger partial charge in [-0.05, 0) is 20.4 Å². The first-order valence-corrected chi connectivity index (χ1v) is 5.23. The van der Waals surface area contributed by atoms with Crippen LogP contribution in [-0.2, 0) is 9.47 Å². The zero-order valence-corrected chi connectivity index (χ0v) is 9.66. The SMILES string of the molecule is CCOC(CN)CCN(C)CCOC. The molecule has 0 aromatic rings. The van der Waals surface area contributed by atoms with Gasteiger partial charge in [0.05, 0.1) is 12.7 Å². The minimum atomic E-state index is 0.199. The Hall–Kier alpha value is -0.160. The van der Waals surface area contributed by atoms with E-state index in [-0.39, 0.29) is 6.10 Å². The van der Waals surface area contributed by atoms with Crippen LogP contribution >= 0.6 is 0 Å². The lowest BCUT2D eigenvalue weighted by atomic mass is 10.2. The van der Waals surface area contributed by atoms with Crippen molar-refractivity contribution in [2.75, 3.05) is 47.0 Å². The predicted molar refractivity (Wildman–Crippen MR) is 58.5 cm³/mol. The number of likely N-dealkylation sites (N-methyl/N-ethyl adjacent to an activating group) is 1. The van der Waals surface area contributed by atoms with E-state index in [4.69, 9.17) is 15.2 Å². The van der Waals surface area contributed by atoms with Crippen LogP contribution in [-0.4, -0.2) is 58.0 Å². The molecule has 0 saturated carbocycles. The van der Waals surface area contributed by atoms with Gasteiger partial charge in [0.1, 0.15) is 0 Å². The second-order valence-corrected chi connectivity index (χ2v) is 3.40. The summed E-state index contributed by atoms with van der Waals surface area (Å²) in [4.78, 5) is 2.23. The topological polar surface area (TPSA) is 47.7 Å². The molecule has 0 heterocycles. The third-order valence-corrected chi connectivity index (χ3v) is 2.18. The Bertz CT molecular complexity index is 123. The zero-order valence-electron chi connectivity index (χ0n) is 9.66. The largest absolute Gasteiger partial charge is 0.383 e. The van der Waals surface area contributed by atoms with Crippen LogP contribution < -0.4 is 5.73 Å². The molecule has 0 bridgehead atoms. The molecule has 0 aliphatic rings. The van der Waals surface area contributed by atoms with E-state index in [0.29, 0.717) is 6.54 Å². The normalized spacial score (nSPS) is 13.5. The fourth-order valence-electron chi connectivity index (χ4n) is 1.23. The molecule has 0 aliphatic heterocycles. The Morgan fingerprint density at radius 3 is 2.57 bits per heavy atom. The molecule has 14 heavy (non-hydrogen) atoms. The molecule has 2 N–H and O–H groups in total.